The molecule has 0 spiro atoms. The van der Waals surface area contributed by atoms with Crippen LogP contribution in [-0.2, 0) is 12.8 Å². The molecule has 2 heterocycles. The average molecular weight is 358 g/mol. The summed E-state index contributed by atoms with van der Waals surface area (Å²) in [5.74, 6) is 0.601. The molecule has 0 atom stereocenters. The van der Waals surface area contributed by atoms with Crippen LogP contribution in [0.2, 0.25) is 0 Å². The van der Waals surface area contributed by atoms with Crippen molar-refractivity contribution in [2.75, 3.05) is 18.0 Å². The lowest BCUT2D eigenvalue weighted by molar-refractivity contribution is 0.0947. The highest BCUT2D eigenvalue weighted by Gasteiger charge is 2.21. The lowest BCUT2D eigenvalue weighted by Crippen LogP contribution is -2.26. The zero-order chi connectivity index (χ0) is 18.5. The Hall–Kier alpha value is -3.21. The molecule has 5 heteroatoms. The molecule has 27 heavy (non-hydrogen) atoms. The Labute approximate surface area is 159 Å². The van der Waals surface area contributed by atoms with E-state index >= 15 is 0 Å². The molecule has 0 radical (unpaired) electrons. The van der Waals surface area contributed by atoms with E-state index in [0.717, 1.165) is 31.6 Å². The summed E-state index contributed by atoms with van der Waals surface area (Å²) in [4.78, 5) is 14.4. The molecule has 136 valence electrons. The summed E-state index contributed by atoms with van der Waals surface area (Å²) < 4.78 is 0. The van der Waals surface area contributed by atoms with Gasteiger partial charge >= 0.3 is 0 Å². The van der Waals surface area contributed by atoms with Crippen LogP contribution in [0.4, 0.5) is 11.5 Å². The lowest BCUT2D eigenvalue weighted by atomic mass is 10.1. The Bertz CT molecular complexity index is 909. The van der Waals surface area contributed by atoms with E-state index < -0.39 is 0 Å². The molecule has 1 amide bonds. The molecule has 5 nitrogen and oxygen atoms in total. The van der Waals surface area contributed by atoms with Crippen molar-refractivity contribution in [1.29, 1.82) is 0 Å². The van der Waals surface area contributed by atoms with E-state index in [1.165, 1.54) is 16.8 Å². The van der Waals surface area contributed by atoms with Gasteiger partial charge in [-0.3, -0.25) is 4.79 Å². The van der Waals surface area contributed by atoms with Crippen LogP contribution >= 0.6 is 0 Å². The molecule has 1 aliphatic rings. The molecule has 4 rings (SSSR count). The maximum atomic E-state index is 12.3. The summed E-state index contributed by atoms with van der Waals surface area (Å²) in [6.45, 7) is 1.51. The molecule has 1 aliphatic heterocycles. The number of nitrogens with one attached hydrogen (secondary N) is 1. The first-order valence-corrected chi connectivity index (χ1v) is 9.32. The number of anilines is 2. The maximum Gasteiger partial charge on any atom is 0.271 e. The minimum atomic E-state index is -0.177. The van der Waals surface area contributed by atoms with Crippen molar-refractivity contribution in [2.45, 2.75) is 19.3 Å². The topological polar surface area (TPSA) is 58.1 Å². The number of aromatic nitrogens is 2. The van der Waals surface area contributed by atoms with Crippen molar-refractivity contribution in [3.8, 4) is 0 Å². The van der Waals surface area contributed by atoms with E-state index in [2.05, 4.69) is 50.7 Å². The lowest BCUT2D eigenvalue weighted by Gasteiger charge is -2.17. The average Bonchev–Trinajstić information content (AvgIpc) is 3.16. The second-order valence-corrected chi connectivity index (χ2v) is 6.65. The number of nitrogens with zero attached hydrogens (tertiary/aromatic N) is 3. The maximum absolute atomic E-state index is 12.3. The zero-order valence-electron chi connectivity index (χ0n) is 15.1. The third-order valence-electron chi connectivity index (χ3n) is 4.82. The molecule has 2 aromatic carbocycles. The van der Waals surface area contributed by atoms with Gasteiger partial charge in [0.1, 0.15) is 0 Å². The number of carbonyl (C=O) groups is 1. The van der Waals surface area contributed by atoms with Gasteiger partial charge in [-0.25, -0.2) is 0 Å². The number of hydrogen-bond donors (Lipinski definition) is 1. The van der Waals surface area contributed by atoms with Gasteiger partial charge in [0, 0.05) is 18.8 Å². The van der Waals surface area contributed by atoms with Crippen molar-refractivity contribution in [2.24, 2.45) is 0 Å². The monoisotopic (exact) mass is 358 g/mol. The summed E-state index contributed by atoms with van der Waals surface area (Å²) in [5.41, 5.74) is 4.12. The third kappa shape index (κ3) is 3.97. The number of amides is 1. The summed E-state index contributed by atoms with van der Waals surface area (Å²) in [7, 11) is 0. The number of hydrogen-bond acceptors (Lipinski definition) is 4. The highest BCUT2D eigenvalue weighted by molar-refractivity contribution is 5.92. The molecule has 0 saturated carbocycles. The molecule has 1 N–H and O–H groups in total. The van der Waals surface area contributed by atoms with Crippen LogP contribution in [0.5, 0.6) is 0 Å². The van der Waals surface area contributed by atoms with E-state index in [1.54, 1.807) is 6.07 Å². The Morgan fingerprint density at radius 3 is 2.59 bits per heavy atom. The number of fused-ring (bicyclic) bond motifs is 1. The fourth-order valence-corrected chi connectivity index (χ4v) is 3.40. The summed E-state index contributed by atoms with van der Waals surface area (Å²) in [6, 6.07) is 22.2. The van der Waals surface area contributed by atoms with Crippen LogP contribution < -0.4 is 10.2 Å². The highest BCUT2D eigenvalue weighted by atomic mass is 16.1. The number of rotatable bonds is 6. The minimum Gasteiger partial charge on any atom is -0.351 e. The largest absolute Gasteiger partial charge is 0.351 e. The Kier molecular flexibility index (Phi) is 5.10. The van der Waals surface area contributed by atoms with E-state index in [4.69, 9.17) is 0 Å². The van der Waals surface area contributed by atoms with Gasteiger partial charge in [0.2, 0.25) is 0 Å². The second kappa shape index (κ2) is 7.99. The van der Waals surface area contributed by atoms with E-state index in [1.807, 2.05) is 30.3 Å². The fourth-order valence-electron chi connectivity index (χ4n) is 3.40. The van der Waals surface area contributed by atoms with Gasteiger partial charge in [-0.15, -0.1) is 10.2 Å². The van der Waals surface area contributed by atoms with Gasteiger partial charge in [-0.2, -0.15) is 0 Å². The summed E-state index contributed by atoms with van der Waals surface area (Å²) in [6.07, 6.45) is 2.84. The molecule has 1 aromatic heterocycles. The first kappa shape index (κ1) is 17.2. The quantitative estimate of drug-likeness (QED) is 0.685. The van der Waals surface area contributed by atoms with Crippen LogP contribution in [0.1, 0.15) is 28.0 Å². The van der Waals surface area contributed by atoms with Crippen LogP contribution in [0, 0.1) is 0 Å². The standard InChI is InChI=1S/C22H22N4O/c27-22(23-15-6-9-17-7-2-1-3-8-17)19-12-13-21(25-24-19)26-16-14-18-10-4-5-11-20(18)26/h1-5,7-8,10-13H,6,9,14-16H2,(H,23,27). The molecular formula is C22H22N4O. The van der Waals surface area contributed by atoms with E-state index in [-0.39, 0.29) is 5.91 Å². The predicted molar refractivity (Wildman–Crippen MR) is 106 cm³/mol. The van der Waals surface area contributed by atoms with Gasteiger partial charge in [0.05, 0.1) is 0 Å². The first-order chi connectivity index (χ1) is 13.3. The zero-order valence-corrected chi connectivity index (χ0v) is 15.1. The number of aryl methyl sites for hydroxylation is 1. The fraction of sp³-hybridized carbons (Fsp3) is 0.227. The molecular weight excluding hydrogens is 336 g/mol. The summed E-state index contributed by atoms with van der Waals surface area (Å²) >= 11 is 0. The van der Waals surface area contributed by atoms with Crippen LogP contribution in [0.25, 0.3) is 0 Å². The molecule has 0 unspecified atom stereocenters. The van der Waals surface area contributed by atoms with Crippen LogP contribution in [-0.4, -0.2) is 29.2 Å². The van der Waals surface area contributed by atoms with Crippen molar-refractivity contribution >= 4 is 17.4 Å². The van der Waals surface area contributed by atoms with Crippen molar-refractivity contribution < 1.29 is 4.79 Å². The van der Waals surface area contributed by atoms with Crippen LogP contribution in [0.3, 0.4) is 0 Å². The van der Waals surface area contributed by atoms with Crippen molar-refractivity contribution in [3.63, 3.8) is 0 Å². The molecule has 0 fully saturated rings. The van der Waals surface area contributed by atoms with Gasteiger partial charge < -0.3 is 10.2 Å². The smallest absolute Gasteiger partial charge is 0.271 e. The Balaban J connectivity index is 1.32. The van der Waals surface area contributed by atoms with Crippen molar-refractivity contribution in [3.05, 3.63) is 83.6 Å². The van der Waals surface area contributed by atoms with Gasteiger partial charge in [-0.05, 0) is 48.6 Å². The van der Waals surface area contributed by atoms with E-state index in [0.29, 0.717) is 12.2 Å². The highest BCUT2D eigenvalue weighted by Crippen LogP contribution is 2.32. The molecule has 3 aromatic rings. The third-order valence-corrected chi connectivity index (χ3v) is 4.82. The number of benzene rings is 2. The van der Waals surface area contributed by atoms with Gasteiger partial charge in [-0.1, -0.05) is 48.5 Å². The first-order valence-electron chi connectivity index (χ1n) is 9.32. The number of carbonyl (C=O) groups excluding carboxylic acids is 1. The molecule has 0 bridgehead atoms. The minimum absolute atomic E-state index is 0.177. The van der Waals surface area contributed by atoms with Crippen molar-refractivity contribution in [1.82, 2.24) is 15.5 Å². The second-order valence-electron chi connectivity index (χ2n) is 6.65. The number of para-hydroxylation sites is 1. The van der Waals surface area contributed by atoms with Gasteiger partial charge in [0.25, 0.3) is 5.91 Å². The Morgan fingerprint density at radius 2 is 1.78 bits per heavy atom. The summed E-state index contributed by atoms with van der Waals surface area (Å²) in [5, 5.41) is 11.3. The predicted octanol–water partition coefficient (Wildman–Crippen LogP) is 3.53. The van der Waals surface area contributed by atoms with E-state index in [9.17, 15) is 4.79 Å². The molecule has 0 aliphatic carbocycles. The van der Waals surface area contributed by atoms with Crippen LogP contribution in [0.15, 0.2) is 66.7 Å². The SMILES string of the molecule is O=C(NCCCc1ccccc1)c1ccc(N2CCc3ccccc32)nn1. The van der Waals surface area contributed by atoms with Gasteiger partial charge in [0.15, 0.2) is 11.5 Å². The molecule has 0 saturated heterocycles. The normalized spacial score (nSPS) is 12.7. The Morgan fingerprint density at radius 1 is 0.963 bits per heavy atom.